The second-order valence-corrected chi connectivity index (χ2v) is 1.25. The Hall–Kier alpha value is -0.440. The largest absolute Gasteiger partial charge is 0.0888 e. The average Bonchev–Trinajstić information content (AvgIpc) is 1.35. The molecule has 0 unspecified atom stereocenters. The maximum atomic E-state index is 6.40. The molecule has 31 valence electrons. The molecule has 0 saturated carbocycles. The van der Waals surface area contributed by atoms with Crippen LogP contribution in [0.1, 0.15) is 6.42 Å². The lowest BCUT2D eigenvalue weighted by molar-refractivity contribution is 0.842. The van der Waals surface area contributed by atoms with Crippen LogP contribution in [0.15, 0.2) is 0 Å². The highest BCUT2D eigenvalue weighted by Crippen LogP contribution is 1.92. The van der Waals surface area contributed by atoms with Gasteiger partial charge in [0.15, 0.2) is 0 Å². The zero-order valence-corrected chi connectivity index (χ0v) is 3.70. The third-order valence-corrected chi connectivity index (χ3v) is 0.391. The van der Waals surface area contributed by atoms with Crippen molar-refractivity contribution >= 4 is 0 Å². The zero-order chi connectivity index (χ0) is 4.99. The summed E-state index contributed by atoms with van der Waals surface area (Å²) in [5, 5.41) is 0. The molecule has 3 radical (unpaired) electrons. The molecule has 0 amide bonds. The van der Waals surface area contributed by atoms with Crippen LogP contribution in [0.4, 0.5) is 0 Å². The van der Waals surface area contributed by atoms with E-state index in [1.54, 1.807) is 0 Å². The number of rotatable bonds is 1. The molecule has 0 fully saturated rings. The highest BCUT2D eigenvalue weighted by molar-refractivity contribution is 4.81. The molecule has 0 aromatic carbocycles. The van der Waals surface area contributed by atoms with Crippen molar-refractivity contribution in [3.8, 4) is 5.92 Å². The third kappa shape index (κ3) is 3.56. The van der Waals surface area contributed by atoms with Crippen molar-refractivity contribution in [3.05, 3.63) is 20.3 Å². The first-order chi connectivity index (χ1) is 2.77. The van der Waals surface area contributed by atoms with E-state index in [0.29, 0.717) is 6.42 Å². The van der Waals surface area contributed by atoms with Gasteiger partial charge in [0.25, 0.3) is 0 Å². The fourth-order valence-corrected chi connectivity index (χ4v) is 0.144. The fraction of sp³-hybridized carbons (Fsp3) is 0.333. The first-order valence-corrected chi connectivity index (χ1v) is 1.83. The van der Waals surface area contributed by atoms with Gasteiger partial charge in [0.05, 0.1) is 0 Å². The van der Waals surface area contributed by atoms with Crippen LogP contribution in [-0.4, -0.2) is 0 Å². The fourth-order valence-electron chi connectivity index (χ4n) is 0.144. The van der Waals surface area contributed by atoms with Crippen molar-refractivity contribution in [2.75, 3.05) is 0 Å². The molecular weight excluding hydrogens is 72.1 g/mol. The Morgan fingerprint density at radius 1 is 1.67 bits per heavy atom. The normalized spacial score (nSPS) is 8.33. The Balaban J connectivity index is 2.88. The summed E-state index contributed by atoms with van der Waals surface area (Å²) < 4.78 is 0. The van der Waals surface area contributed by atoms with Gasteiger partial charge in [-0.1, -0.05) is 5.92 Å². The number of hydrogen-bond acceptors (Lipinski definition) is 0. The highest BCUT2D eigenvalue weighted by Gasteiger charge is 1.84. The van der Waals surface area contributed by atoms with E-state index in [0.717, 1.165) is 0 Å². The molecule has 0 saturated heterocycles. The van der Waals surface area contributed by atoms with Gasteiger partial charge in [-0.3, -0.25) is 0 Å². The van der Waals surface area contributed by atoms with Crippen LogP contribution in [0.2, 0.25) is 0 Å². The summed E-state index contributed by atoms with van der Waals surface area (Å²) in [6.45, 7) is 7.07. The monoisotopic (exact) mass is 79.1 g/mol. The smallest absolute Gasteiger partial charge is 0.0127 e. The summed E-state index contributed by atoms with van der Waals surface area (Å²) in [7, 11) is 0. The van der Waals surface area contributed by atoms with Crippen LogP contribution < -0.4 is 0 Å². The molecule has 0 nitrogen and oxygen atoms in total. The van der Waals surface area contributed by atoms with Crippen molar-refractivity contribution < 1.29 is 0 Å². The van der Waals surface area contributed by atoms with Crippen molar-refractivity contribution in [3.63, 3.8) is 0 Å². The van der Waals surface area contributed by atoms with E-state index in [1.807, 2.05) is 0 Å². The van der Waals surface area contributed by atoms with Crippen molar-refractivity contribution in [2.24, 2.45) is 5.92 Å². The molecule has 0 bridgehead atoms. The van der Waals surface area contributed by atoms with Crippen molar-refractivity contribution in [1.29, 1.82) is 0 Å². The van der Waals surface area contributed by atoms with E-state index in [4.69, 9.17) is 6.42 Å². The molecule has 0 heterocycles. The van der Waals surface area contributed by atoms with Crippen LogP contribution in [0.3, 0.4) is 0 Å². The van der Waals surface area contributed by atoms with E-state index in [9.17, 15) is 0 Å². The molecule has 0 aliphatic heterocycles. The van der Waals surface area contributed by atoms with Gasteiger partial charge >= 0.3 is 0 Å². The molecule has 0 atom stereocenters. The van der Waals surface area contributed by atoms with Crippen LogP contribution >= 0.6 is 0 Å². The Kier molecular flexibility index (Phi) is 2.58. The molecule has 0 heteroatoms. The third-order valence-electron chi connectivity index (χ3n) is 0.391. The van der Waals surface area contributed by atoms with Gasteiger partial charge in [-0.25, -0.2) is 0 Å². The van der Waals surface area contributed by atoms with E-state index < -0.39 is 0 Å². The summed E-state index contributed by atoms with van der Waals surface area (Å²) in [6.07, 6.45) is 6.97. The second kappa shape index (κ2) is 2.78. The molecule has 0 aromatic heterocycles. The molecule has 0 aliphatic rings. The Morgan fingerprint density at radius 3 is 2.17 bits per heavy atom. The molecular formula is C6H7. The molecule has 0 rings (SSSR count). The molecule has 0 aliphatic carbocycles. The predicted octanol–water partition coefficient (Wildman–Crippen LogP) is 1.25. The topological polar surface area (TPSA) is 0 Å². The molecule has 0 spiro atoms. The molecule has 0 aromatic rings. The van der Waals surface area contributed by atoms with Gasteiger partial charge in [-0.2, -0.15) is 0 Å². The summed E-state index contributed by atoms with van der Waals surface area (Å²) in [6, 6.07) is 0. The van der Waals surface area contributed by atoms with Gasteiger partial charge in [0.2, 0.25) is 0 Å². The maximum absolute atomic E-state index is 6.40. The van der Waals surface area contributed by atoms with Crippen molar-refractivity contribution in [2.45, 2.75) is 6.42 Å². The van der Waals surface area contributed by atoms with Gasteiger partial charge in [-0.15, -0.1) is 0 Å². The van der Waals surface area contributed by atoms with E-state index in [1.165, 1.54) is 0 Å². The first-order valence-electron chi connectivity index (χ1n) is 1.83. The zero-order valence-electron chi connectivity index (χ0n) is 3.70. The summed E-state index contributed by atoms with van der Waals surface area (Å²) in [5.41, 5.74) is 0. The lowest BCUT2D eigenvalue weighted by Crippen LogP contribution is -1.81. The SMILES string of the molecule is [C]#CCC([CH2])[CH2]. The number of hydrogen-bond donors (Lipinski definition) is 0. The Morgan fingerprint density at radius 2 is 2.17 bits per heavy atom. The second-order valence-electron chi connectivity index (χ2n) is 1.25. The van der Waals surface area contributed by atoms with Crippen LogP contribution in [0.25, 0.3) is 0 Å². The minimum atomic E-state index is 0.0995. The molecule has 0 N–H and O–H groups in total. The lowest BCUT2D eigenvalue weighted by atomic mass is 10.1. The van der Waals surface area contributed by atoms with Gasteiger partial charge < -0.3 is 0 Å². The van der Waals surface area contributed by atoms with E-state index in [-0.39, 0.29) is 5.92 Å². The Bertz CT molecular complexity index is 54.9. The summed E-state index contributed by atoms with van der Waals surface area (Å²) in [4.78, 5) is 0. The molecule has 6 heavy (non-hydrogen) atoms. The van der Waals surface area contributed by atoms with Crippen LogP contribution in [0.5, 0.6) is 0 Å². The quantitative estimate of drug-likeness (QED) is 0.415. The van der Waals surface area contributed by atoms with Crippen LogP contribution in [-0.2, 0) is 0 Å². The minimum Gasteiger partial charge on any atom is -0.0888 e. The summed E-state index contributed by atoms with van der Waals surface area (Å²) >= 11 is 0. The standard InChI is InChI=1S/C6H7/c1-4-5-6(2)3/h6H,2-3,5H2. The highest BCUT2D eigenvalue weighted by atomic mass is 13.9. The van der Waals surface area contributed by atoms with Crippen molar-refractivity contribution in [1.82, 2.24) is 0 Å². The van der Waals surface area contributed by atoms with Gasteiger partial charge in [0.1, 0.15) is 0 Å². The van der Waals surface area contributed by atoms with Gasteiger partial charge in [0, 0.05) is 6.42 Å². The predicted molar refractivity (Wildman–Crippen MR) is 26.0 cm³/mol. The minimum absolute atomic E-state index is 0.0995. The summed E-state index contributed by atoms with van der Waals surface area (Å²) in [5.74, 6) is 2.29. The lowest BCUT2D eigenvalue weighted by Gasteiger charge is -1.89. The Labute approximate surface area is 39.6 Å². The van der Waals surface area contributed by atoms with Crippen LogP contribution in [0, 0.1) is 32.1 Å². The van der Waals surface area contributed by atoms with E-state index in [2.05, 4.69) is 19.8 Å². The van der Waals surface area contributed by atoms with Gasteiger partial charge in [-0.05, 0) is 26.2 Å². The first kappa shape index (κ1) is 5.56. The maximum Gasteiger partial charge on any atom is 0.0127 e. The van der Waals surface area contributed by atoms with E-state index >= 15 is 0 Å². The average molecular weight is 79.1 g/mol.